The topological polar surface area (TPSA) is 55.8 Å². The van der Waals surface area contributed by atoms with Gasteiger partial charge in [-0.3, -0.25) is 4.79 Å². The first-order chi connectivity index (χ1) is 11.2. The van der Waals surface area contributed by atoms with E-state index in [4.69, 9.17) is 21.1 Å². The minimum Gasteiger partial charge on any atom is -0.486 e. The van der Waals surface area contributed by atoms with E-state index >= 15 is 0 Å². The molecule has 0 atom stereocenters. The van der Waals surface area contributed by atoms with Crippen LogP contribution in [-0.2, 0) is 4.74 Å². The molecule has 3 rings (SSSR count). The predicted octanol–water partition coefficient (Wildman–Crippen LogP) is 4.07. The molecule has 0 radical (unpaired) electrons. The summed E-state index contributed by atoms with van der Waals surface area (Å²) in [6, 6.07) is 5.26. The Morgan fingerprint density at radius 2 is 1.96 bits per heavy atom. The first kappa shape index (κ1) is 17.1. The highest BCUT2D eigenvalue weighted by Crippen LogP contribution is 2.41. The number of halogens is 1. The fourth-order valence-electron chi connectivity index (χ4n) is 3.21. The normalized spacial score (nSPS) is 19.7. The van der Waals surface area contributed by atoms with E-state index in [2.05, 4.69) is 0 Å². The average Bonchev–Trinajstić information content (AvgIpc) is 2.45. The van der Waals surface area contributed by atoms with Gasteiger partial charge in [0.05, 0.1) is 17.0 Å². The van der Waals surface area contributed by atoms with E-state index in [1.54, 1.807) is 23.1 Å². The van der Waals surface area contributed by atoms with E-state index in [0.717, 1.165) is 0 Å². The number of ether oxygens (including phenoxy) is 2. The molecule has 2 aliphatic rings. The number of hydrogen-bond donors (Lipinski definition) is 0. The van der Waals surface area contributed by atoms with Crippen LogP contribution in [0.4, 0.5) is 4.79 Å². The summed E-state index contributed by atoms with van der Waals surface area (Å²) in [6.07, 6.45) is 1.18. The number of rotatable bonds is 0. The van der Waals surface area contributed by atoms with Gasteiger partial charge < -0.3 is 14.4 Å². The number of carbonyl (C=O) groups is 2. The van der Waals surface area contributed by atoms with Gasteiger partial charge in [-0.1, -0.05) is 17.7 Å². The first-order valence-electron chi connectivity index (χ1n) is 8.18. The standard InChI is InChI=1S/C18H22ClNO4/c1-17(2,3)24-16(22)20-9-7-18(8-10-20)11-13(21)15-12(19)5-4-6-14(15)23-18/h4-6H,7-11H2,1-3H3. The minimum absolute atomic E-state index is 0.00701. The monoisotopic (exact) mass is 351 g/mol. The van der Waals surface area contributed by atoms with Crippen molar-refractivity contribution in [2.45, 2.75) is 51.2 Å². The molecule has 2 aliphatic heterocycles. The second-order valence-electron chi connectivity index (χ2n) is 7.47. The molecule has 24 heavy (non-hydrogen) atoms. The maximum absolute atomic E-state index is 12.5. The second kappa shape index (κ2) is 5.96. The van der Waals surface area contributed by atoms with Crippen molar-refractivity contribution in [2.75, 3.05) is 13.1 Å². The third-order valence-electron chi connectivity index (χ3n) is 4.39. The minimum atomic E-state index is -0.548. The Balaban J connectivity index is 1.71. The number of ketones is 1. The van der Waals surface area contributed by atoms with Gasteiger partial charge in [0.15, 0.2) is 5.78 Å². The maximum atomic E-state index is 12.5. The zero-order chi connectivity index (χ0) is 17.5. The highest BCUT2D eigenvalue weighted by molar-refractivity contribution is 6.34. The van der Waals surface area contributed by atoms with Crippen LogP contribution in [0.15, 0.2) is 18.2 Å². The average molecular weight is 352 g/mol. The molecule has 1 aromatic rings. The molecular weight excluding hydrogens is 330 g/mol. The predicted molar refractivity (Wildman–Crippen MR) is 90.8 cm³/mol. The van der Waals surface area contributed by atoms with Gasteiger partial charge in [0.2, 0.25) is 0 Å². The zero-order valence-electron chi connectivity index (χ0n) is 14.2. The molecule has 1 amide bonds. The van der Waals surface area contributed by atoms with E-state index in [1.165, 1.54) is 0 Å². The van der Waals surface area contributed by atoms with Crippen LogP contribution in [0.2, 0.25) is 5.02 Å². The van der Waals surface area contributed by atoms with Crippen LogP contribution >= 0.6 is 11.6 Å². The van der Waals surface area contributed by atoms with Gasteiger partial charge in [-0.2, -0.15) is 0 Å². The van der Waals surface area contributed by atoms with Crippen molar-refractivity contribution in [3.63, 3.8) is 0 Å². The van der Waals surface area contributed by atoms with Crippen LogP contribution < -0.4 is 4.74 Å². The number of Topliss-reactive ketones (excluding diaryl/α,β-unsaturated/α-hetero) is 1. The summed E-state index contributed by atoms with van der Waals surface area (Å²) in [7, 11) is 0. The number of likely N-dealkylation sites (tertiary alicyclic amines) is 1. The molecule has 1 saturated heterocycles. The Kier molecular flexibility index (Phi) is 4.24. The summed E-state index contributed by atoms with van der Waals surface area (Å²) in [5.41, 5.74) is -0.591. The van der Waals surface area contributed by atoms with Crippen LogP contribution in [0.25, 0.3) is 0 Å². The van der Waals surface area contributed by atoms with Gasteiger partial charge in [0, 0.05) is 25.9 Å². The van der Waals surface area contributed by atoms with Crippen molar-refractivity contribution in [3.05, 3.63) is 28.8 Å². The van der Waals surface area contributed by atoms with Crippen LogP contribution in [-0.4, -0.2) is 41.1 Å². The number of fused-ring (bicyclic) bond motifs is 1. The Labute approximate surface area is 146 Å². The highest BCUT2D eigenvalue weighted by Gasteiger charge is 2.44. The smallest absolute Gasteiger partial charge is 0.410 e. The first-order valence-corrected chi connectivity index (χ1v) is 8.56. The maximum Gasteiger partial charge on any atom is 0.410 e. The van der Waals surface area contributed by atoms with Gasteiger partial charge in [0.1, 0.15) is 17.0 Å². The molecule has 0 unspecified atom stereocenters. The Bertz CT molecular complexity index is 672. The molecule has 0 N–H and O–H groups in total. The second-order valence-corrected chi connectivity index (χ2v) is 7.87. The molecule has 0 bridgehead atoms. The number of carbonyl (C=O) groups excluding carboxylic acids is 2. The summed E-state index contributed by atoms with van der Waals surface area (Å²) < 4.78 is 11.6. The third kappa shape index (κ3) is 3.36. The van der Waals surface area contributed by atoms with Crippen molar-refractivity contribution in [3.8, 4) is 5.75 Å². The molecule has 0 saturated carbocycles. The lowest BCUT2D eigenvalue weighted by atomic mass is 9.82. The van der Waals surface area contributed by atoms with Crippen LogP contribution in [0.3, 0.4) is 0 Å². The van der Waals surface area contributed by atoms with Gasteiger partial charge in [-0.15, -0.1) is 0 Å². The number of piperidine rings is 1. The Morgan fingerprint density at radius 1 is 1.29 bits per heavy atom. The molecule has 1 spiro atoms. The zero-order valence-corrected chi connectivity index (χ0v) is 15.0. The van der Waals surface area contributed by atoms with E-state index < -0.39 is 11.2 Å². The molecule has 1 aromatic carbocycles. The van der Waals surface area contributed by atoms with Gasteiger partial charge >= 0.3 is 6.09 Å². The molecule has 6 heteroatoms. The fourth-order valence-corrected chi connectivity index (χ4v) is 3.48. The molecule has 130 valence electrons. The summed E-state index contributed by atoms with van der Waals surface area (Å²) in [4.78, 5) is 26.4. The van der Waals surface area contributed by atoms with Gasteiger partial charge in [-0.25, -0.2) is 4.79 Å². The van der Waals surface area contributed by atoms with Gasteiger partial charge in [-0.05, 0) is 32.9 Å². The largest absolute Gasteiger partial charge is 0.486 e. The number of benzene rings is 1. The molecule has 0 aromatic heterocycles. The van der Waals surface area contributed by atoms with Crippen molar-refractivity contribution < 1.29 is 19.1 Å². The van der Waals surface area contributed by atoms with Gasteiger partial charge in [0.25, 0.3) is 0 Å². The number of nitrogens with zero attached hydrogens (tertiary/aromatic N) is 1. The fraction of sp³-hybridized carbons (Fsp3) is 0.556. The van der Waals surface area contributed by atoms with E-state index in [1.807, 2.05) is 20.8 Å². The molecule has 1 fully saturated rings. The van der Waals surface area contributed by atoms with Crippen molar-refractivity contribution in [1.29, 1.82) is 0 Å². The molecule has 0 aliphatic carbocycles. The summed E-state index contributed by atoms with van der Waals surface area (Å²) in [6.45, 7) is 6.57. The lowest BCUT2D eigenvalue weighted by Gasteiger charge is -2.44. The highest BCUT2D eigenvalue weighted by atomic mass is 35.5. The Hall–Kier alpha value is -1.75. The summed E-state index contributed by atoms with van der Waals surface area (Å²) >= 11 is 6.12. The summed E-state index contributed by atoms with van der Waals surface area (Å²) in [5, 5.41) is 0.429. The number of amides is 1. The van der Waals surface area contributed by atoms with Crippen molar-refractivity contribution in [2.24, 2.45) is 0 Å². The molecule has 2 heterocycles. The van der Waals surface area contributed by atoms with Crippen LogP contribution in [0.5, 0.6) is 5.75 Å². The van der Waals surface area contributed by atoms with Crippen molar-refractivity contribution in [1.82, 2.24) is 4.90 Å². The molecule has 5 nitrogen and oxygen atoms in total. The SMILES string of the molecule is CC(C)(C)OC(=O)N1CCC2(CC1)CC(=O)c1c(Cl)cccc1O2. The lowest BCUT2D eigenvalue weighted by molar-refractivity contribution is -0.0226. The van der Waals surface area contributed by atoms with Crippen molar-refractivity contribution >= 4 is 23.5 Å². The lowest BCUT2D eigenvalue weighted by Crippen LogP contribution is -2.53. The van der Waals surface area contributed by atoms with E-state index in [0.29, 0.717) is 48.7 Å². The third-order valence-corrected chi connectivity index (χ3v) is 4.70. The Morgan fingerprint density at radius 3 is 2.58 bits per heavy atom. The van der Waals surface area contributed by atoms with E-state index in [-0.39, 0.29) is 11.9 Å². The molecular formula is C18H22ClNO4. The summed E-state index contributed by atoms with van der Waals surface area (Å²) in [5.74, 6) is 0.553. The van der Waals surface area contributed by atoms with Crippen LogP contribution in [0, 0.1) is 0 Å². The van der Waals surface area contributed by atoms with E-state index in [9.17, 15) is 9.59 Å². The number of hydrogen-bond acceptors (Lipinski definition) is 4. The quantitative estimate of drug-likeness (QED) is 0.706. The van der Waals surface area contributed by atoms with Crippen LogP contribution in [0.1, 0.15) is 50.4 Å².